The molecule has 1 saturated heterocycles. The molecule has 1 amide bonds. The molecule has 0 saturated carbocycles. The van der Waals surface area contributed by atoms with Crippen molar-refractivity contribution in [2.75, 3.05) is 13.1 Å². The molecule has 6 nitrogen and oxygen atoms in total. The van der Waals surface area contributed by atoms with E-state index in [9.17, 15) is 4.79 Å². The summed E-state index contributed by atoms with van der Waals surface area (Å²) in [6.07, 6.45) is 2.38. The topological polar surface area (TPSA) is 71.3 Å². The van der Waals surface area contributed by atoms with Crippen molar-refractivity contribution in [2.24, 2.45) is 0 Å². The Hall–Kier alpha value is -1.73. The number of hydrogen-bond donors (Lipinski definition) is 1. The van der Waals surface area contributed by atoms with Gasteiger partial charge in [-0.25, -0.2) is 4.63 Å². The normalized spacial score (nSPS) is 19.2. The van der Waals surface area contributed by atoms with Gasteiger partial charge >= 0.3 is 0 Å². The van der Waals surface area contributed by atoms with Gasteiger partial charge in [0.05, 0.1) is 6.42 Å². The third-order valence-corrected chi connectivity index (χ3v) is 4.77. The van der Waals surface area contributed by atoms with Crippen LogP contribution in [0.25, 0.3) is 0 Å². The molecule has 0 spiro atoms. The molecule has 0 radical (unpaired) electrons. The largest absolute Gasteiger partial charge is 0.352 e. The standard InChI is InChI=1S/C15H20N4O2S/c1-11-14(18-21-17-11)8-15(20)16-12-4-2-6-19(9-12)10-13-5-3-7-22-13/h3,5,7,12H,2,4,6,8-10H2,1H3,(H,16,20)/t12-/m1/s1. The summed E-state index contributed by atoms with van der Waals surface area (Å²) in [6.45, 7) is 4.76. The van der Waals surface area contributed by atoms with Crippen molar-refractivity contribution in [3.63, 3.8) is 0 Å². The van der Waals surface area contributed by atoms with Gasteiger partial charge < -0.3 is 5.32 Å². The van der Waals surface area contributed by atoms with Gasteiger partial charge in [-0.2, -0.15) is 0 Å². The number of carbonyl (C=O) groups is 1. The maximum atomic E-state index is 12.1. The van der Waals surface area contributed by atoms with E-state index in [0.29, 0.717) is 11.4 Å². The van der Waals surface area contributed by atoms with Crippen LogP contribution >= 0.6 is 11.3 Å². The number of rotatable bonds is 5. The molecule has 2 aromatic heterocycles. The van der Waals surface area contributed by atoms with Gasteiger partial charge in [-0.1, -0.05) is 16.4 Å². The first-order chi connectivity index (χ1) is 10.7. The third-order valence-electron chi connectivity index (χ3n) is 3.90. The van der Waals surface area contributed by atoms with Crippen molar-refractivity contribution in [1.29, 1.82) is 0 Å². The summed E-state index contributed by atoms with van der Waals surface area (Å²) in [6, 6.07) is 4.45. The van der Waals surface area contributed by atoms with Crippen LogP contribution in [0.2, 0.25) is 0 Å². The average molecular weight is 320 g/mol. The van der Waals surface area contributed by atoms with Crippen LogP contribution in [-0.4, -0.2) is 40.3 Å². The summed E-state index contributed by atoms with van der Waals surface area (Å²) in [5, 5.41) is 12.7. The number of likely N-dealkylation sites (tertiary alicyclic amines) is 1. The van der Waals surface area contributed by atoms with Crippen molar-refractivity contribution < 1.29 is 9.42 Å². The number of amides is 1. The van der Waals surface area contributed by atoms with Gasteiger partial charge in [-0.05, 0) is 37.8 Å². The SMILES string of the molecule is Cc1nonc1CC(=O)N[C@@H]1CCCN(Cc2cccs2)C1. The van der Waals surface area contributed by atoms with Crippen LogP contribution in [0.15, 0.2) is 22.1 Å². The Morgan fingerprint density at radius 2 is 2.45 bits per heavy atom. The monoisotopic (exact) mass is 320 g/mol. The molecule has 1 aliphatic heterocycles. The number of aromatic nitrogens is 2. The fourth-order valence-electron chi connectivity index (χ4n) is 2.78. The minimum atomic E-state index is -0.0122. The van der Waals surface area contributed by atoms with Crippen molar-refractivity contribution in [2.45, 2.75) is 38.8 Å². The van der Waals surface area contributed by atoms with Crippen molar-refractivity contribution in [3.05, 3.63) is 33.8 Å². The molecule has 0 aliphatic carbocycles. The predicted molar refractivity (Wildman–Crippen MR) is 83.5 cm³/mol. The van der Waals surface area contributed by atoms with Crippen LogP contribution in [0.1, 0.15) is 29.1 Å². The zero-order valence-corrected chi connectivity index (χ0v) is 13.4. The Morgan fingerprint density at radius 3 is 3.18 bits per heavy atom. The van der Waals surface area contributed by atoms with E-state index in [-0.39, 0.29) is 18.4 Å². The Bertz CT molecular complexity index is 611. The first-order valence-electron chi connectivity index (χ1n) is 7.53. The molecular weight excluding hydrogens is 300 g/mol. The first-order valence-corrected chi connectivity index (χ1v) is 8.41. The molecule has 3 heterocycles. The van der Waals surface area contributed by atoms with Crippen molar-refractivity contribution in [3.8, 4) is 0 Å². The Morgan fingerprint density at radius 1 is 1.55 bits per heavy atom. The molecular formula is C15H20N4O2S. The summed E-state index contributed by atoms with van der Waals surface area (Å²) >= 11 is 1.78. The second-order valence-electron chi connectivity index (χ2n) is 5.69. The highest BCUT2D eigenvalue weighted by Gasteiger charge is 2.22. The van der Waals surface area contributed by atoms with Gasteiger partial charge in [0.25, 0.3) is 0 Å². The van der Waals surface area contributed by atoms with Crippen LogP contribution in [-0.2, 0) is 17.8 Å². The highest BCUT2D eigenvalue weighted by Crippen LogP contribution is 2.17. The maximum Gasteiger partial charge on any atom is 0.226 e. The maximum absolute atomic E-state index is 12.1. The van der Waals surface area contributed by atoms with Gasteiger partial charge in [0.15, 0.2) is 0 Å². The summed E-state index contributed by atoms with van der Waals surface area (Å²) < 4.78 is 4.62. The molecule has 7 heteroatoms. The Kier molecular flexibility index (Phi) is 4.84. The fourth-order valence-corrected chi connectivity index (χ4v) is 3.53. The van der Waals surface area contributed by atoms with E-state index in [1.807, 2.05) is 0 Å². The van der Waals surface area contributed by atoms with Gasteiger partial charge in [0.1, 0.15) is 11.4 Å². The fraction of sp³-hybridized carbons (Fsp3) is 0.533. The van der Waals surface area contributed by atoms with Crippen LogP contribution in [0.5, 0.6) is 0 Å². The second-order valence-corrected chi connectivity index (χ2v) is 6.73. The van der Waals surface area contributed by atoms with Crippen LogP contribution < -0.4 is 5.32 Å². The summed E-state index contributed by atoms with van der Waals surface area (Å²) in [7, 11) is 0. The molecule has 3 rings (SSSR count). The van der Waals surface area contributed by atoms with Crippen LogP contribution in [0.4, 0.5) is 0 Å². The molecule has 1 fully saturated rings. The molecule has 0 bridgehead atoms. The molecule has 22 heavy (non-hydrogen) atoms. The van der Waals surface area contributed by atoms with Crippen molar-refractivity contribution in [1.82, 2.24) is 20.5 Å². The smallest absolute Gasteiger partial charge is 0.226 e. The number of aryl methyl sites for hydroxylation is 1. The second kappa shape index (κ2) is 7.02. The van der Waals surface area contributed by atoms with Crippen LogP contribution in [0, 0.1) is 6.92 Å². The number of nitrogens with one attached hydrogen (secondary N) is 1. The first kappa shape index (κ1) is 15.2. The minimum absolute atomic E-state index is 0.0122. The number of thiophene rings is 1. The number of piperidine rings is 1. The van der Waals surface area contributed by atoms with E-state index in [4.69, 9.17) is 0 Å². The van der Waals surface area contributed by atoms with Gasteiger partial charge in [0, 0.05) is 24.0 Å². The zero-order valence-electron chi connectivity index (χ0n) is 12.6. The molecule has 1 aliphatic rings. The van der Waals surface area contributed by atoms with Crippen LogP contribution in [0.3, 0.4) is 0 Å². The highest BCUT2D eigenvalue weighted by atomic mass is 32.1. The molecule has 2 aromatic rings. The van der Waals surface area contributed by atoms with Crippen molar-refractivity contribution >= 4 is 17.2 Å². The summed E-state index contributed by atoms with van der Waals surface area (Å²) in [4.78, 5) is 15.9. The lowest BCUT2D eigenvalue weighted by atomic mass is 10.1. The average Bonchev–Trinajstić information content (AvgIpc) is 3.12. The quantitative estimate of drug-likeness (QED) is 0.909. The predicted octanol–water partition coefficient (Wildman–Crippen LogP) is 1.76. The lowest BCUT2D eigenvalue weighted by Crippen LogP contribution is -2.47. The van der Waals surface area contributed by atoms with E-state index in [1.165, 1.54) is 4.88 Å². The van der Waals surface area contributed by atoms with E-state index >= 15 is 0 Å². The molecule has 0 unspecified atom stereocenters. The Labute approximate surface area is 133 Å². The third kappa shape index (κ3) is 3.92. The van der Waals surface area contributed by atoms with Gasteiger partial charge in [-0.3, -0.25) is 9.69 Å². The molecule has 1 atom stereocenters. The van der Waals surface area contributed by atoms with E-state index in [2.05, 4.69) is 42.7 Å². The van der Waals surface area contributed by atoms with E-state index in [1.54, 1.807) is 18.3 Å². The van der Waals surface area contributed by atoms with Gasteiger partial charge in [-0.15, -0.1) is 11.3 Å². The zero-order chi connectivity index (χ0) is 15.4. The number of hydrogen-bond acceptors (Lipinski definition) is 6. The number of nitrogens with zero attached hydrogens (tertiary/aromatic N) is 3. The molecule has 118 valence electrons. The van der Waals surface area contributed by atoms with E-state index in [0.717, 1.165) is 32.5 Å². The molecule has 0 aromatic carbocycles. The lowest BCUT2D eigenvalue weighted by molar-refractivity contribution is -0.121. The Balaban J connectivity index is 1.49. The number of carbonyl (C=O) groups excluding carboxylic acids is 1. The lowest BCUT2D eigenvalue weighted by Gasteiger charge is -2.32. The summed E-state index contributed by atoms with van der Waals surface area (Å²) in [5.74, 6) is -0.0122. The molecule has 1 N–H and O–H groups in total. The minimum Gasteiger partial charge on any atom is -0.352 e. The van der Waals surface area contributed by atoms with E-state index < -0.39 is 0 Å². The van der Waals surface area contributed by atoms with Gasteiger partial charge in [0.2, 0.25) is 5.91 Å². The summed E-state index contributed by atoms with van der Waals surface area (Å²) in [5.41, 5.74) is 1.29. The highest BCUT2D eigenvalue weighted by molar-refractivity contribution is 7.09.